The van der Waals surface area contributed by atoms with Crippen LogP contribution in [0.2, 0.25) is 0 Å². The maximum absolute atomic E-state index is 5.68. The molecule has 1 heterocycles. The lowest BCUT2D eigenvalue weighted by molar-refractivity contribution is -0.146. The van der Waals surface area contributed by atoms with E-state index in [1.807, 2.05) is 18.2 Å². The normalized spacial score (nSPS) is 28.1. The largest absolute Gasteiger partial charge is 0.369 e. The monoisotopic (exact) mass is 163 g/mol. The zero-order valence-corrected chi connectivity index (χ0v) is 6.99. The fourth-order valence-electron chi connectivity index (χ4n) is 1.60. The average molecular weight is 163 g/mol. The van der Waals surface area contributed by atoms with E-state index in [2.05, 4.69) is 12.1 Å². The minimum atomic E-state index is -0.165. The molecule has 2 N–H and O–H groups in total. The van der Waals surface area contributed by atoms with E-state index >= 15 is 0 Å². The van der Waals surface area contributed by atoms with Crippen LogP contribution >= 0.6 is 0 Å². The lowest BCUT2D eigenvalue weighted by Gasteiger charge is -2.41. The number of ether oxygens (including phenoxy) is 1. The van der Waals surface area contributed by atoms with E-state index in [4.69, 9.17) is 10.5 Å². The highest BCUT2D eigenvalue weighted by Crippen LogP contribution is 2.35. The van der Waals surface area contributed by atoms with Gasteiger partial charge in [0, 0.05) is 13.0 Å². The van der Waals surface area contributed by atoms with E-state index in [1.54, 1.807) is 0 Å². The van der Waals surface area contributed by atoms with Gasteiger partial charge in [0.15, 0.2) is 0 Å². The Kier molecular flexibility index (Phi) is 1.87. The van der Waals surface area contributed by atoms with Crippen LogP contribution in [0.1, 0.15) is 12.0 Å². The molecule has 0 radical (unpaired) electrons. The Morgan fingerprint density at radius 1 is 1.33 bits per heavy atom. The molecule has 0 aromatic heterocycles. The Balaban J connectivity index is 2.28. The van der Waals surface area contributed by atoms with Crippen LogP contribution in [0.5, 0.6) is 0 Å². The highest BCUT2D eigenvalue weighted by Gasteiger charge is 2.38. The van der Waals surface area contributed by atoms with Crippen LogP contribution in [-0.2, 0) is 10.3 Å². The molecule has 1 aliphatic heterocycles. The van der Waals surface area contributed by atoms with Gasteiger partial charge >= 0.3 is 0 Å². The van der Waals surface area contributed by atoms with Crippen molar-refractivity contribution in [2.45, 2.75) is 12.0 Å². The first kappa shape index (κ1) is 7.77. The van der Waals surface area contributed by atoms with Crippen LogP contribution in [0.25, 0.3) is 0 Å². The van der Waals surface area contributed by atoms with Gasteiger partial charge in [-0.05, 0) is 5.56 Å². The third-order valence-corrected chi connectivity index (χ3v) is 2.51. The standard InChI is InChI=1S/C10H13NO/c11-8-10(6-7-12-10)9-4-2-1-3-5-9/h1-5H,6-8,11H2. The van der Waals surface area contributed by atoms with Gasteiger partial charge in [0.25, 0.3) is 0 Å². The molecule has 2 heteroatoms. The van der Waals surface area contributed by atoms with Crippen LogP contribution in [-0.4, -0.2) is 13.2 Å². The third-order valence-electron chi connectivity index (χ3n) is 2.51. The smallest absolute Gasteiger partial charge is 0.107 e. The minimum absolute atomic E-state index is 0.165. The highest BCUT2D eigenvalue weighted by atomic mass is 16.5. The quantitative estimate of drug-likeness (QED) is 0.712. The summed E-state index contributed by atoms with van der Waals surface area (Å²) in [6.07, 6.45) is 1.05. The van der Waals surface area contributed by atoms with Crippen molar-refractivity contribution < 1.29 is 4.74 Å². The van der Waals surface area contributed by atoms with Gasteiger partial charge < -0.3 is 10.5 Å². The molecule has 1 unspecified atom stereocenters. The Labute approximate surface area is 72.3 Å². The SMILES string of the molecule is NCC1(c2ccccc2)CCO1. The van der Waals surface area contributed by atoms with E-state index in [9.17, 15) is 0 Å². The first-order valence-corrected chi connectivity index (χ1v) is 4.27. The molecular weight excluding hydrogens is 150 g/mol. The Bertz CT molecular complexity index is 248. The van der Waals surface area contributed by atoms with Crippen LogP contribution in [0.15, 0.2) is 30.3 Å². The molecule has 2 nitrogen and oxygen atoms in total. The number of hydrogen-bond donors (Lipinski definition) is 1. The maximum Gasteiger partial charge on any atom is 0.107 e. The van der Waals surface area contributed by atoms with Crippen LogP contribution < -0.4 is 5.73 Å². The second kappa shape index (κ2) is 2.88. The fourth-order valence-corrected chi connectivity index (χ4v) is 1.60. The molecule has 64 valence electrons. The van der Waals surface area contributed by atoms with Crippen molar-refractivity contribution in [3.05, 3.63) is 35.9 Å². The van der Waals surface area contributed by atoms with Crippen molar-refractivity contribution in [2.75, 3.05) is 13.2 Å². The molecule has 1 aromatic rings. The van der Waals surface area contributed by atoms with Crippen molar-refractivity contribution in [1.82, 2.24) is 0 Å². The van der Waals surface area contributed by atoms with Crippen LogP contribution in [0.3, 0.4) is 0 Å². The summed E-state index contributed by atoms with van der Waals surface area (Å²) >= 11 is 0. The van der Waals surface area contributed by atoms with Crippen LogP contribution in [0, 0.1) is 0 Å². The summed E-state index contributed by atoms with van der Waals surface area (Å²) in [6, 6.07) is 10.2. The number of benzene rings is 1. The summed E-state index contributed by atoms with van der Waals surface area (Å²) in [4.78, 5) is 0. The molecule has 1 aromatic carbocycles. The Morgan fingerprint density at radius 3 is 2.42 bits per heavy atom. The molecular formula is C10H13NO. The second-order valence-electron chi connectivity index (χ2n) is 3.16. The highest BCUT2D eigenvalue weighted by molar-refractivity contribution is 5.24. The molecule has 0 saturated carbocycles. The molecule has 1 aliphatic rings. The predicted octanol–water partition coefficient (Wildman–Crippen LogP) is 1.26. The average Bonchev–Trinajstić information content (AvgIpc) is 2.05. The van der Waals surface area contributed by atoms with Gasteiger partial charge in [-0.25, -0.2) is 0 Å². The number of hydrogen-bond acceptors (Lipinski definition) is 2. The lowest BCUT2D eigenvalue weighted by atomic mass is 9.87. The molecule has 1 saturated heterocycles. The molecule has 0 spiro atoms. The van der Waals surface area contributed by atoms with Gasteiger partial charge in [0.2, 0.25) is 0 Å². The molecule has 0 bridgehead atoms. The van der Waals surface area contributed by atoms with Crippen molar-refractivity contribution >= 4 is 0 Å². The van der Waals surface area contributed by atoms with Gasteiger partial charge in [0.05, 0.1) is 6.61 Å². The predicted molar refractivity (Wildman–Crippen MR) is 47.7 cm³/mol. The van der Waals surface area contributed by atoms with Gasteiger partial charge in [-0.15, -0.1) is 0 Å². The van der Waals surface area contributed by atoms with E-state index < -0.39 is 0 Å². The van der Waals surface area contributed by atoms with Gasteiger partial charge in [-0.2, -0.15) is 0 Å². The summed E-state index contributed by atoms with van der Waals surface area (Å²) in [5.74, 6) is 0. The zero-order chi connectivity index (χ0) is 8.44. The summed E-state index contributed by atoms with van der Waals surface area (Å²) in [5.41, 5.74) is 6.72. The third kappa shape index (κ3) is 1.04. The summed E-state index contributed by atoms with van der Waals surface area (Å²) in [5, 5.41) is 0. The number of rotatable bonds is 2. The lowest BCUT2D eigenvalue weighted by Crippen LogP contribution is -2.46. The summed E-state index contributed by atoms with van der Waals surface area (Å²) in [7, 11) is 0. The topological polar surface area (TPSA) is 35.2 Å². The van der Waals surface area contributed by atoms with E-state index in [-0.39, 0.29) is 5.60 Å². The van der Waals surface area contributed by atoms with Gasteiger partial charge in [-0.3, -0.25) is 0 Å². The fraction of sp³-hybridized carbons (Fsp3) is 0.400. The minimum Gasteiger partial charge on any atom is -0.369 e. The Morgan fingerprint density at radius 2 is 2.00 bits per heavy atom. The van der Waals surface area contributed by atoms with Crippen molar-refractivity contribution in [2.24, 2.45) is 5.73 Å². The van der Waals surface area contributed by atoms with E-state index in [0.29, 0.717) is 6.54 Å². The van der Waals surface area contributed by atoms with E-state index in [0.717, 1.165) is 13.0 Å². The van der Waals surface area contributed by atoms with Gasteiger partial charge in [-0.1, -0.05) is 30.3 Å². The van der Waals surface area contributed by atoms with Crippen molar-refractivity contribution in [3.8, 4) is 0 Å². The zero-order valence-electron chi connectivity index (χ0n) is 6.99. The van der Waals surface area contributed by atoms with Crippen molar-refractivity contribution in [3.63, 3.8) is 0 Å². The molecule has 0 aliphatic carbocycles. The first-order chi connectivity index (χ1) is 5.87. The number of nitrogens with two attached hydrogens (primary N) is 1. The maximum atomic E-state index is 5.68. The summed E-state index contributed by atoms with van der Waals surface area (Å²) in [6.45, 7) is 1.42. The summed E-state index contributed by atoms with van der Waals surface area (Å²) < 4.78 is 5.53. The molecule has 2 rings (SSSR count). The Hall–Kier alpha value is -0.860. The van der Waals surface area contributed by atoms with Crippen molar-refractivity contribution in [1.29, 1.82) is 0 Å². The molecule has 12 heavy (non-hydrogen) atoms. The molecule has 1 atom stereocenters. The molecule has 0 amide bonds. The molecule has 1 fully saturated rings. The first-order valence-electron chi connectivity index (χ1n) is 4.27. The van der Waals surface area contributed by atoms with E-state index in [1.165, 1.54) is 5.56 Å². The second-order valence-corrected chi connectivity index (χ2v) is 3.16. The van der Waals surface area contributed by atoms with Gasteiger partial charge in [0.1, 0.15) is 5.60 Å². The van der Waals surface area contributed by atoms with Crippen LogP contribution in [0.4, 0.5) is 0 Å².